The van der Waals surface area contributed by atoms with Crippen LogP contribution in [0.1, 0.15) is 51.0 Å². The van der Waals surface area contributed by atoms with Crippen molar-refractivity contribution in [2.24, 2.45) is 29.1 Å². The first-order chi connectivity index (χ1) is 12.1. The molecule has 2 atom stereocenters. The maximum atomic E-state index is 12.9. The highest BCUT2D eigenvalue weighted by Gasteiger charge is 2.53. The topological polar surface area (TPSA) is 38.3 Å². The second-order valence-corrected chi connectivity index (χ2v) is 9.33. The van der Waals surface area contributed by atoms with Crippen molar-refractivity contribution in [1.29, 1.82) is 0 Å². The number of fused-ring (bicyclic) bond motifs is 1. The van der Waals surface area contributed by atoms with Crippen LogP contribution in [0.2, 0.25) is 0 Å². The number of carbonyl (C=O) groups excluding carboxylic acids is 1. The molecule has 25 heavy (non-hydrogen) atoms. The normalized spacial score (nSPS) is 39.4. The molecule has 3 heteroatoms. The van der Waals surface area contributed by atoms with Gasteiger partial charge in [0.05, 0.1) is 5.92 Å². The molecular formula is C22H29NO2. The first-order valence-corrected chi connectivity index (χ1v) is 10.1. The molecule has 4 fully saturated rings. The van der Waals surface area contributed by atoms with E-state index in [1.807, 2.05) is 18.2 Å². The van der Waals surface area contributed by atoms with E-state index >= 15 is 0 Å². The number of para-hydroxylation sites is 1. The van der Waals surface area contributed by atoms with Crippen LogP contribution in [0.4, 0.5) is 0 Å². The lowest BCUT2D eigenvalue weighted by Gasteiger charge is -2.59. The molecule has 1 heterocycles. The lowest BCUT2D eigenvalue weighted by Crippen LogP contribution is -2.56. The Morgan fingerprint density at radius 3 is 2.44 bits per heavy atom. The Labute approximate surface area is 150 Å². The molecule has 4 bridgehead atoms. The molecular weight excluding hydrogens is 310 g/mol. The molecule has 134 valence electrons. The van der Waals surface area contributed by atoms with Crippen LogP contribution in [-0.2, 0) is 11.2 Å². The van der Waals surface area contributed by atoms with Gasteiger partial charge in [-0.3, -0.25) is 4.79 Å². The van der Waals surface area contributed by atoms with E-state index in [-0.39, 0.29) is 11.8 Å². The Morgan fingerprint density at radius 2 is 1.76 bits per heavy atom. The molecule has 4 aliphatic carbocycles. The van der Waals surface area contributed by atoms with Crippen molar-refractivity contribution in [2.45, 2.75) is 57.9 Å². The second kappa shape index (κ2) is 5.75. The predicted molar refractivity (Wildman–Crippen MR) is 97.3 cm³/mol. The summed E-state index contributed by atoms with van der Waals surface area (Å²) in [6.45, 7) is 2.78. The summed E-state index contributed by atoms with van der Waals surface area (Å²) in [6, 6.07) is 8.40. The van der Waals surface area contributed by atoms with E-state index in [2.05, 4.69) is 18.3 Å². The molecule has 1 aromatic carbocycles. The molecule has 6 rings (SSSR count). The largest absolute Gasteiger partial charge is 0.492 e. The van der Waals surface area contributed by atoms with Crippen molar-refractivity contribution in [3.63, 3.8) is 0 Å². The van der Waals surface area contributed by atoms with Gasteiger partial charge in [-0.15, -0.1) is 0 Å². The smallest absolute Gasteiger partial charge is 0.227 e. The fourth-order valence-electron chi connectivity index (χ4n) is 6.69. The van der Waals surface area contributed by atoms with E-state index in [0.717, 1.165) is 35.5 Å². The van der Waals surface area contributed by atoms with Gasteiger partial charge in [-0.1, -0.05) is 18.2 Å². The fourth-order valence-corrected chi connectivity index (χ4v) is 6.69. The van der Waals surface area contributed by atoms with Gasteiger partial charge in [0.1, 0.15) is 12.4 Å². The summed E-state index contributed by atoms with van der Waals surface area (Å²) >= 11 is 0. The van der Waals surface area contributed by atoms with Crippen LogP contribution in [0, 0.1) is 29.1 Å². The van der Waals surface area contributed by atoms with Gasteiger partial charge < -0.3 is 10.1 Å². The predicted octanol–water partition coefficient (Wildman–Crippen LogP) is 3.96. The van der Waals surface area contributed by atoms with E-state index in [0.29, 0.717) is 18.1 Å². The molecule has 1 N–H and O–H groups in total. The van der Waals surface area contributed by atoms with Gasteiger partial charge in [0.2, 0.25) is 5.91 Å². The van der Waals surface area contributed by atoms with Gasteiger partial charge in [-0.05, 0) is 86.7 Å². The summed E-state index contributed by atoms with van der Waals surface area (Å²) in [6.07, 6.45) is 9.17. The van der Waals surface area contributed by atoms with E-state index < -0.39 is 0 Å². The zero-order chi connectivity index (χ0) is 17.0. The van der Waals surface area contributed by atoms with Crippen molar-refractivity contribution in [3.05, 3.63) is 29.8 Å². The Hall–Kier alpha value is -1.51. The van der Waals surface area contributed by atoms with Gasteiger partial charge in [0.25, 0.3) is 0 Å². The summed E-state index contributed by atoms with van der Waals surface area (Å²) in [7, 11) is 0. The molecule has 4 saturated carbocycles. The van der Waals surface area contributed by atoms with Gasteiger partial charge in [-0.2, -0.15) is 0 Å². The van der Waals surface area contributed by atoms with Gasteiger partial charge >= 0.3 is 0 Å². The quantitative estimate of drug-likeness (QED) is 0.905. The van der Waals surface area contributed by atoms with Crippen molar-refractivity contribution < 1.29 is 9.53 Å². The summed E-state index contributed by atoms with van der Waals surface area (Å²) in [5.41, 5.74) is 1.54. The Morgan fingerprint density at radius 1 is 1.12 bits per heavy atom. The maximum Gasteiger partial charge on any atom is 0.227 e. The Kier molecular flexibility index (Phi) is 3.62. The molecule has 0 saturated heterocycles. The van der Waals surface area contributed by atoms with Crippen LogP contribution < -0.4 is 10.1 Å². The number of rotatable bonds is 3. The molecule has 1 aliphatic heterocycles. The minimum atomic E-state index is -0.0498. The SMILES string of the molecule is C[C@H](NC(=O)[C@H]1COc2ccccc2C1)C12CC3CC(CC(C3)C1)C2. The van der Waals surface area contributed by atoms with Gasteiger partial charge in [0.15, 0.2) is 0 Å². The molecule has 1 aromatic rings. The van der Waals surface area contributed by atoms with E-state index in [9.17, 15) is 4.79 Å². The minimum absolute atomic E-state index is 0.0498. The van der Waals surface area contributed by atoms with Gasteiger partial charge in [-0.25, -0.2) is 0 Å². The van der Waals surface area contributed by atoms with Crippen LogP contribution in [-0.4, -0.2) is 18.6 Å². The third-order valence-electron chi connectivity index (χ3n) is 7.61. The fraction of sp³-hybridized carbons (Fsp3) is 0.682. The Bertz CT molecular complexity index is 647. The average Bonchev–Trinajstić information content (AvgIpc) is 2.60. The third-order valence-corrected chi connectivity index (χ3v) is 7.61. The molecule has 1 amide bonds. The van der Waals surface area contributed by atoms with E-state index in [1.54, 1.807) is 0 Å². The monoisotopic (exact) mass is 339 g/mol. The summed E-state index contributed by atoms with van der Waals surface area (Å²) in [5, 5.41) is 3.42. The zero-order valence-electron chi connectivity index (χ0n) is 15.2. The van der Waals surface area contributed by atoms with Crippen LogP contribution in [0.5, 0.6) is 5.75 Å². The number of amides is 1. The average molecular weight is 339 g/mol. The summed E-state index contributed by atoms with van der Waals surface area (Å²) in [5.74, 6) is 3.87. The van der Waals surface area contributed by atoms with Crippen molar-refractivity contribution in [1.82, 2.24) is 5.32 Å². The standard InChI is InChI=1S/C22H29NO2/c1-14(22-10-15-6-16(11-22)8-17(7-15)12-22)23-21(24)19-9-18-4-2-3-5-20(18)25-13-19/h2-5,14-17,19H,6-13H2,1H3,(H,23,24)/t14-,15?,16?,17?,19+,22?/m0/s1. The number of benzene rings is 1. The van der Waals surface area contributed by atoms with Crippen LogP contribution in [0.15, 0.2) is 24.3 Å². The molecule has 3 nitrogen and oxygen atoms in total. The molecule has 0 radical (unpaired) electrons. The maximum absolute atomic E-state index is 12.9. The van der Waals surface area contributed by atoms with E-state index in [1.165, 1.54) is 38.5 Å². The van der Waals surface area contributed by atoms with Crippen LogP contribution in [0.25, 0.3) is 0 Å². The van der Waals surface area contributed by atoms with Crippen LogP contribution >= 0.6 is 0 Å². The second-order valence-electron chi connectivity index (χ2n) is 9.33. The lowest BCUT2D eigenvalue weighted by atomic mass is 9.48. The van der Waals surface area contributed by atoms with Crippen LogP contribution in [0.3, 0.4) is 0 Å². The van der Waals surface area contributed by atoms with Crippen molar-refractivity contribution in [3.8, 4) is 5.75 Å². The number of hydrogen-bond acceptors (Lipinski definition) is 2. The summed E-state index contributed by atoms with van der Waals surface area (Å²) < 4.78 is 5.83. The number of hydrogen-bond donors (Lipinski definition) is 1. The lowest BCUT2D eigenvalue weighted by molar-refractivity contribution is -0.131. The number of nitrogens with one attached hydrogen (secondary N) is 1. The zero-order valence-corrected chi connectivity index (χ0v) is 15.2. The number of ether oxygens (including phenoxy) is 1. The van der Waals surface area contributed by atoms with E-state index in [4.69, 9.17) is 4.74 Å². The molecule has 5 aliphatic rings. The molecule has 0 unspecified atom stereocenters. The molecule has 0 spiro atoms. The highest BCUT2D eigenvalue weighted by atomic mass is 16.5. The highest BCUT2D eigenvalue weighted by Crippen LogP contribution is 2.61. The third kappa shape index (κ3) is 2.67. The highest BCUT2D eigenvalue weighted by molar-refractivity contribution is 5.80. The first-order valence-electron chi connectivity index (χ1n) is 10.1. The Balaban J connectivity index is 1.27. The van der Waals surface area contributed by atoms with Crippen molar-refractivity contribution in [2.75, 3.05) is 6.61 Å². The summed E-state index contributed by atoms with van der Waals surface area (Å²) in [4.78, 5) is 12.9. The van der Waals surface area contributed by atoms with Gasteiger partial charge in [0, 0.05) is 6.04 Å². The number of carbonyl (C=O) groups is 1. The van der Waals surface area contributed by atoms with Crippen molar-refractivity contribution >= 4 is 5.91 Å². The first kappa shape index (κ1) is 15.7. The molecule has 0 aromatic heterocycles. The minimum Gasteiger partial charge on any atom is -0.492 e.